The van der Waals surface area contributed by atoms with E-state index in [2.05, 4.69) is 10.3 Å². The van der Waals surface area contributed by atoms with E-state index in [4.69, 9.17) is 5.11 Å². The van der Waals surface area contributed by atoms with Crippen LogP contribution in [0.25, 0.3) is 17.0 Å². The molecule has 2 rings (SSSR count). The number of benzene rings is 1. The van der Waals surface area contributed by atoms with Crippen LogP contribution in [0.15, 0.2) is 30.1 Å². The average Bonchev–Trinajstić information content (AvgIpc) is 2.70. The summed E-state index contributed by atoms with van der Waals surface area (Å²) >= 11 is 0. The van der Waals surface area contributed by atoms with Crippen molar-refractivity contribution >= 4 is 28.9 Å². The minimum atomic E-state index is -1.17. The lowest BCUT2D eigenvalue weighted by Gasteiger charge is -2.02. The average molecular weight is 276 g/mol. The quantitative estimate of drug-likeness (QED) is 0.732. The monoisotopic (exact) mass is 276 g/mol. The number of carboxylic acid groups (broad SMARTS) is 1. The molecule has 0 fully saturated rings. The second-order valence-corrected chi connectivity index (χ2v) is 4.34. The Labute approximate surface area is 115 Å². The van der Waals surface area contributed by atoms with Gasteiger partial charge in [0.05, 0.1) is 0 Å². The SMILES string of the molecule is CC(=O)N/C(=C\c1c[nH]c2cc(C)ccc12)C(=O)O.O. The number of amides is 1. The van der Waals surface area contributed by atoms with Crippen LogP contribution >= 0.6 is 0 Å². The second-order valence-electron chi connectivity index (χ2n) is 4.34. The Kier molecular flexibility index (Phi) is 4.66. The van der Waals surface area contributed by atoms with Crippen molar-refractivity contribution in [1.82, 2.24) is 10.3 Å². The number of hydrogen-bond donors (Lipinski definition) is 3. The third-order valence-corrected chi connectivity index (χ3v) is 2.71. The Morgan fingerprint density at radius 2 is 2.05 bits per heavy atom. The number of hydrogen-bond acceptors (Lipinski definition) is 2. The summed E-state index contributed by atoms with van der Waals surface area (Å²) in [5.74, 6) is -1.58. The summed E-state index contributed by atoms with van der Waals surface area (Å²) in [5.41, 5.74) is 2.62. The molecule has 2 aromatic rings. The molecule has 1 heterocycles. The third-order valence-electron chi connectivity index (χ3n) is 2.71. The number of aliphatic carboxylic acids is 1. The van der Waals surface area contributed by atoms with E-state index in [0.717, 1.165) is 22.0 Å². The smallest absolute Gasteiger partial charge is 0.352 e. The predicted octanol–water partition coefficient (Wildman–Crippen LogP) is 1.21. The molecule has 0 saturated heterocycles. The summed E-state index contributed by atoms with van der Waals surface area (Å²) in [6.45, 7) is 3.26. The molecular weight excluding hydrogens is 260 g/mol. The summed E-state index contributed by atoms with van der Waals surface area (Å²) in [6, 6.07) is 5.85. The van der Waals surface area contributed by atoms with Crippen molar-refractivity contribution in [2.24, 2.45) is 0 Å². The predicted molar refractivity (Wildman–Crippen MR) is 76.1 cm³/mol. The zero-order valence-corrected chi connectivity index (χ0v) is 11.2. The van der Waals surface area contributed by atoms with Crippen molar-refractivity contribution in [2.75, 3.05) is 0 Å². The minimum Gasteiger partial charge on any atom is -0.477 e. The fourth-order valence-electron chi connectivity index (χ4n) is 1.88. The second kappa shape index (κ2) is 6.03. The van der Waals surface area contributed by atoms with E-state index in [-0.39, 0.29) is 11.2 Å². The van der Waals surface area contributed by atoms with Crippen LogP contribution in [-0.4, -0.2) is 27.4 Å². The van der Waals surface area contributed by atoms with Crippen molar-refractivity contribution in [3.63, 3.8) is 0 Å². The molecule has 0 unspecified atom stereocenters. The molecule has 0 atom stereocenters. The summed E-state index contributed by atoms with van der Waals surface area (Å²) in [7, 11) is 0. The summed E-state index contributed by atoms with van der Waals surface area (Å²) in [6.07, 6.45) is 3.16. The van der Waals surface area contributed by atoms with E-state index in [1.54, 1.807) is 6.20 Å². The summed E-state index contributed by atoms with van der Waals surface area (Å²) in [4.78, 5) is 25.1. The van der Waals surface area contributed by atoms with Crippen LogP contribution in [0.3, 0.4) is 0 Å². The zero-order chi connectivity index (χ0) is 14.0. The van der Waals surface area contributed by atoms with Crippen LogP contribution in [0.1, 0.15) is 18.1 Å². The molecule has 0 bridgehead atoms. The first-order valence-electron chi connectivity index (χ1n) is 5.77. The molecule has 6 heteroatoms. The molecule has 6 nitrogen and oxygen atoms in total. The van der Waals surface area contributed by atoms with Crippen LogP contribution in [0.2, 0.25) is 0 Å². The van der Waals surface area contributed by atoms with Gasteiger partial charge in [-0.05, 0) is 24.6 Å². The number of nitrogens with one attached hydrogen (secondary N) is 2. The molecule has 0 aliphatic carbocycles. The lowest BCUT2D eigenvalue weighted by Crippen LogP contribution is -2.24. The largest absolute Gasteiger partial charge is 0.477 e. The van der Waals surface area contributed by atoms with E-state index in [1.165, 1.54) is 13.0 Å². The van der Waals surface area contributed by atoms with Crippen molar-refractivity contribution in [3.05, 3.63) is 41.2 Å². The van der Waals surface area contributed by atoms with Crippen molar-refractivity contribution in [3.8, 4) is 0 Å². The number of carbonyl (C=O) groups excluding carboxylic acids is 1. The van der Waals surface area contributed by atoms with E-state index in [9.17, 15) is 9.59 Å². The van der Waals surface area contributed by atoms with E-state index in [1.807, 2.05) is 25.1 Å². The maximum atomic E-state index is 11.1. The number of aromatic amines is 1. The van der Waals surface area contributed by atoms with Crippen molar-refractivity contribution < 1.29 is 20.2 Å². The number of aryl methyl sites for hydroxylation is 1. The molecule has 0 aliphatic heterocycles. The zero-order valence-electron chi connectivity index (χ0n) is 11.2. The molecule has 1 aromatic carbocycles. The highest BCUT2D eigenvalue weighted by Gasteiger charge is 2.10. The van der Waals surface area contributed by atoms with Gasteiger partial charge in [-0.3, -0.25) is 4.79 Å². The van der Waals surface area contributed by atoms with Gasteiger partial charge in [0, 0.05) is 29.6 Å². The van der Waals surface area contributed by atoms with Gasteiger partial charge in [0.25, 0.3) is 0 Å². The van der Waals surface area contributed by atoms with Gasteiger partial charge in [0.15, 0.2) is 0 Å². The lowest BCUT2D eigenvalue weighted by atomic mass is 10.1. The molecule has 0 radical (unpaired) electrons. The van der Waals surface area contributed by atoms with Crippen LogP contribution in [0, 0.1) is 6.92 Å². The molecule has 0 aliphatic rings. The minimum absolute atomic E-state index is 0. The normalized spacial score (nSPS) is 11.0. The number of fused-ring (bicyclic) bond motifs is 1. The van der Waals surface area contributed by atoms with Gasteiger partial charge < -0.3 is 20.9 Å². The first-order valence-corrected chi connectivity index (χ1v) is 5.77. The van der Waals surface area contributed by atoms with Crippen LogP contribution in [0.5, 0.6) is 0 Å². The van der Waals surface area contributed by atoms with Gasteiger partial charge in [0.2, 0.25) is 5.91 Å². The van der Waals surface area contributed by atoms with Gasteiger partial charge in [-0.2, -0.15) is 0 Å². The van der Waals surface area contributed by atoms with Crippen molar-refractivity contribution in [1.29, 1.82) is 0 Å². The summed E-state index contributed by atoms with van der Waals surface area (Å²) < 4.78 is 0. The number of H-pyrrole nitrogens is 1. The van der Waals surface area contributed by atoms with Crippen LogP contribution < -0.4 is 5.32 Å². The van der Waals surface area contributed by atoms with Gasteiger partial charge in [0.1, 0.15) is 5.70 Å². The Bertz CT molecular complexity index is 686. The Morgan fingerprint density at radius 1 is 1.35 bits per heavy atom. The number of carboxylic acids is 1. The van der Waals surface area contributed by atoms with Gasteiger partial charge in [-0.15, -0.1) is 0 Å². The molecule has 0 saturated carbocycles. The fourth-order valence-corrected chi connectivity index (χ4v) is 1.88. The number of rotatable bonds is 3. The molecular formula is C14H16N2O4. The van der Waals surface area contributed by atoms with Gasteiger partial charge in [-0.1, -0.05) is 12.1 Å². The maximum absolute atomic E-state index is 11.1. The van der Waals surface area contributed by atoms with Crippen LogP contribution in [-0.2, 0) is 9.59 Å². The van der Waals surface area contributed by atoms with Crippen LogP contribution in [0.4, 0.5) is 0 Å². The van der Waals surface area contributed by atoms with Gasteiger partial charge >= 0.3 is 5.97 Å². The van der Waals surface area contributed by atoms with E-state index >= 15 is 0 Å². The Morgan fingerprint density at radius 3 is 2.65 bits per heavy atom. The lowest BCUT2D eigenvalue weighted by molar-refractivity contribution is -0.134. The van der Waals surface area contributed by atoms with E-state index < -0.39 is 11.9 Å². The first kappa shape index (κ1) is 15.5. The molecule has 106 valence electrons. The summed E-state index contributed by atoms with van der Waals surface area (Å²) in [5, 5.41) is 12.3. The number of carbonyl (C=O) groups is 2. The molecule has 1 amide bonds. The topological polar surface area (TPSA) is 114 Å². The standard InChI is InChI=1S/C14H14N2O3.H2O/c1-8-3-4-11-10(7-15-12(11)5-8)6-13(14(18)19)16-9(2)17;/h3-7,15H,1-2H3,(H,16,17)(H,18,19);1H2/b13-6-;. The first-order chi connectivity index (χ1) is 8.97. The molecule has 20 heavy (non-hydrogen) atoms. The maximum Gasteiger partial charge on any atom is 0.352 e. The molecule has 5 N–H and O–H groups in total. The Hall–Kier alpha value is -2.60. The molecule has 0 spiro atoms. The highest BCUT2D eigenvalue weighted by molar-refractivity contribution is 5.99. The third kappa shape index (κ3) is 3.24. The van der Waals surface area contributed by atoms with Gasteiger partial charge in [-0.25, -0.2) is 4.79 Å². The molecule has 1 aromatic heterocycles. The van der Waals surface area contributed by atoms with E-state index in [0.29, 0.717) is 0 Å². The highest BCUT2D eigenvalue weighted by Crippen LogP contribution is 2.21. The van der Waals surface area contributed by atoms with Crippen molar-refractivity contribution in [2.45, 2.75) is 13.8 Å². The highest BCUT2D eigenvalue weighted by atomic mass is 16.4. The Balaban J connectivity index is 0.00000200. The number of aromatic nitrogens is 1. The fraction of sp³-hybridized carbons (Fsp3) is 0.143.